The van der Waals surface area contributed by atoms with Crippen molar-refractivity contribution in [3.8, 4) is 16.8 Å². The lowest BCUT2D eigenvalue weighted by atomic mass is 9.77. The van der Waals surface area contributed by atoms with E-state index in [1.165, 1.54) is 92.1 Å². The molecule has 2 aliphatic carbocycles. The molecule has 3 aromatic rings. The van der Waals surface area contributed by atoms with Gasteiger partial charge in [0, 0.05) is 18.0 Å². The van der Waals surface area contributed by atoms with E-state index in [-0.39, 0.29) is 0 Å². The van der Waals surface area contributed by atoms with Crippen LogP contribution in [0.1, 0.15) is 93.0 Å². The van der Waals surface area contributed by atoms with Crippen molar-refractivity contribution in [1.82, 2.24) is 9.55 Å². The molecule has 1 heterocycles. The zero-order valence-electron chi connectivity index (χ0n) is 19.8. The highest BCUT2D eigenvalue weighted by Gasteiger charge is 2.28. The van der Waals surface area contributed by atoms with E-state index in [0.717, 1.165) is 11.4 Å². The van der Waals surface area contributed by atoms with Gasteiger partial charge in [-0.3, -0.25) is 4.57 Å². The molecule has 2 saturated carbocycles. The summed E-state index contributed by atoms with van der Waals surface area (Å²) in [5.41, 5.74) is 7.96. The van der Waals surface area contributed by atoms with Crippen molar-refractivity contribution in [2.24, 2.45) is 0 Å². The molecule has 2 fully saturated rings. The van der Waals surface area contributed by atoms with Crippen LogP contribution in [0.5, 0.6) is 0 Å². The fraction of sp³-hybridized carbons (Fsp3) is 0.387. The van der Waals surface area contributed by atoms with Gasteiger partial charge in [-0.15, -0.1) is 0 Å². The van der Waals surface area contributed by atoms with Gasteiger partial charge in [0.05, 0.1) is 5.69 Å². The summed E-state index contributed by atoms with van der Waals surface area (Å²) in [6, 6.07) is 15.9. The quantitative estimate of drug-likeness (QED) is 0.353. The third kappa shape index (κ3) is 4.49. The molecule has 2 nitrogen and oxygen atoms in total. The van der Waals surface area contributed by atoms with Gasteiger partial charge in [-0.05, 0) is 71.9 Å². The molecule has 1 aromatic heterocycles. The molecule has 0 unspecified atom stereocenters. The number of allylic oxidation sites excluding steroid dienone is 2. The third-order valence-corrected chi connectivity index (χ3v) is 7.78. The van der Waals surface area contributed by atoms with Gasteiger partial charge >= 0.3 is 0 Å². The lowest BCUT2D eigenvalue weighted by molar-refractivity contribution is 0.434. The van der Waals surface area contributed by atoms with Gasteiger partial charge in [0.2, 0.25) is 0 Å². The number of nitrogens with zero attached hydrogens (tertiary/aromatic N) is 2. The average Bonchev–Trinajstić information content (AvgIpc) is 3.38. The Balaban J connectivity index is 1.76. The summed E-state index contributed by atoms with van der Waals surface area (Å²) in [6.07, 6.45) is 19.1. The topological polar surface area (TPSA) is 17.8 Å². The van der Waals surface area contributed by atoms with Gasteiger partial charge in [0.25, 0.3) is 0 Å². The molecule has 0 spiro atoms. The largest absolute Gasteiger partial charge is 0.299 e. The summed E-state index contributed by atoms with van der Waals surface area (Å²) < 4.78 is 2.33. The van der Waals surface area contributed by atoms with E-state index in [1.54, 1.807) is 0 Å². The van der Waals surface area contributed by atoms with Crippen molar-refractivity contribution >= 4 is 5.57 Å². The smallest absolute Gasteiger partial charge is 0.143 e. The van der Waals surface area contributed by atoms with Crippen LogP contribution in [0.3, 0.4) is 0 Å². The standard InChI is InChI=1S/C31H36N2/c1-3-23(2)31-32-19-20-33(31)30-28(25-15-9-5-10-16-25)21-27(24-13-7-4-8-14-24)22-29(30)26-17-11-6-12-18-26/h3-4,7-8,13-14,19-22,25-26H,1-2,5-6,9-12,15-18H2. The molecule has 2 heteroatoms. The highest BCUT2D eigenvalue weighted by atomic mass is 15.1. The molecular formula is C31H36N2. The van der Waals surface area contributed by atoms with Crippen LogP contribution in [-0.4, -0.2) is 9.55 Å². The summed E-state index contributed by atoms with van der Waals surface area (Å²) in [4.78, 5) is 4.71. The molecule has 0 radical (unpaired) electrons. The van der Waals surface area contributed by atoms with Crippen LogP contribution in [0.4, 0.5) is 0 Å². The van der Waals surface area contributed by atoms with E-state index < -0.39 is 0 Å². The van der Waals surface area contributed by atoms with Crippen LogP contribution in [0.2, 0.25) is 0 Å². The Morgan fingerprint density at radius 1 is 0.818 bits per heavy atom. The normalized spacial score (nSPS) is 17.7. The molecule has 0 atom stereocenters. The zero-order chi connectivity index (χ0) is 22.6. The van der Waals surface area contributed by atoms with Crippen LogP contribution in [0.25, 0.3) is 22.4 Å². The van der Waals surface area contributed by atoms with Crippen LogP contribution in [0.15, 0.2) is 74.1 Å². The maximum Gasteiger partial charge on any atom is 0.143 e. The predicted molar refractivity (Wildman–Crippen MR) is 140 cm³/mol. The van der Waals surface area contributed by atoms with Crippen LogP contribution >= 0.6 is 0 Å². The van der Waals surface area contributed by atoms with E-state index in [4.69, 9.17) is 4.98 Å². The SMILES string of the molecule is C=CC(=C)c1nccn1-c1c(C2CCCCC2)cc(-c2ccccc2)cc1C1CCCCC1. The highest BCUT2D eigenvalue weighted by molar-refractivity contribution is 5.73. The Kier molecular flexibility index (Phi) is 6.62. The summed E-state index contributed by atoms with van der Waals surface area (Å²) in [7, 11) is 0. The molecular weight excluding hydrogens is 400 g/mol. The van der Waals surface area contributed by atoms with Gasteiger partial charge in [-0.25, -0.2) is 4.98 Å². The summed E-state index contributed by atoms with van der Waals surface area (Å²) in [5.74, 6) is 2.13. The monoisotopic (exact) mass is 436 g/mol. The highest BCUT2D eigenvalue weighted by Crippen LogP contribution is 2.45. The average molecular weight is 437 g/mol. The Morgan fingerprint density at radius 2 is 1.39 bits per heavy atom. The van der Waals surface area contributed by atoms with Crippen molar-refractivity contribution in [1.29, 1.82) is 0 Å². The molecule has 0 aliphatic heterocycles. The number of rotatable bonds is 6. The van der Waals surface area contributed by atoms with Gasteiger partial charge < -0.3 is 0 Å². The molecule has 5 rings (SSSR count). The van der Waals surface area contributed by atoms with Crippen molar-refractivity contribution < 1.29 is 0 Å². The second-order valence-electron chi connectivity index (χ2n) is 9.89. The molecule has 0 saturated heterocycles. The first-order chi connectivity index (χ1) is 16.3. The fourth-order valence-corrected chi connectivity index (χ4v) is 6.02. The lowest BCUT2D eigenvalue weighted by Gasteiger charge is -2.31. The van der Waals surface area contributed by atoms with Crippen molar-refractivity contribution in [3.63, 3.8) is 0 Å². The predicted octanol–water partition coefficient (Wildman–Crippen LogP) is 8.83. The van der Waals surface area contributed by atoms with Crippen LogP contribution in [-0.2, 0) is 0 Å². The van der Waals surface area contributed by atoms with Crippen molar-refractivity contribution in [2.75, 3.05) is 0 Å². The zero-order valence-corrected chi connectivity index (χ0v) is 19.8. The molecule has 170 valence electrons. The first-order valence-electron chi connectivity index (χ1n) is 12.8. The number of hydrogen-bond donors (Lipinski definition) is 0. The van der Waals surface area contributed by atoms with E-state index in [2.05, 4.69) is 66.4 Å². The van der Waals surface area contributed by atoms with Crippen LogP contribution in [0, 0.1) is 0 Å². The van der Waals surface area contributed by atoms with E-state index >= 15 is 0 Å². The second-order valence-corrected chi connectivity index (χ2v) is 9.89. The second kappa shape index (κ2) is 9.95. The van der Waals surface area contributed by atoms with E-state index in [9.17, 15) is 0 Å². The number of benzene rings is 2. The summed E-state index contributed by atoms with van der Waals surface area (Å²) in [5, 5.41) is 0. The molecule has 2 aliphatic rings. The number of aromatic nitrogens is 2. The number of hydrogen-bond acceptors (Lipinski definition) is 1. The van der Waals surface area contributed by atoms with Crippen molar-refractivity contribution in [2.45, 2.75) is 76.0 Å². The van der Waals surface area contributed by atoms with Gasteiger partial charge in [0.1, 0.15) is 5.82 Å². The van der Waals surface area contributed by atoms with Gasteiger partial charge in [0.15, 0.2) is 0 Å². The van der Waals surface area contributed by atoms with Gasteiger partial charge in [-0.2, -0.15) is 0 Å². The minimum absolute atomic E-state index is 0.604. The third-order valence-electron chi connectivity index (χ3n) is 7.78. The van der Waals surface area contributed by atoms with Crippen LogP contribution < -0.4 is 0 Å². The molecule has 0 amide bonds. The number of imidazole rings is 1. The summed E-state index contributed by atoms with van der Waals surface area (Å²) in [6.45, 7) is 8.23. The Morgan fingerprint density at radius 3 is 1.94 bits per heavy atom. The maximum absolute atomic E-state index is 4.71. The van der Waals surface area contributed by atoms with E-state index in [0.29, 0.717) is 11.8 Å². The minimum atomic E-state index is 0.604. The Labute approximate surface area is 199 Å². The molecule has 0 bridgehead atoms. The Hall–Kier alpha value is -2.87. The first-order valence-corrected chi connectivity index (χ1v) is 12.8. The summed E-state index contributed by atoms with van der Waals surface area (Å²) >= 11 is 0. The maximum atomic E-state index is 4.71. The molecule has 2 aromatic carbocycles. The van der Waals surface area contributed by atoms with E-state index in [1.807, 2.05) is 12.3 Å². The van der Waals surface area contributed by atoms with Gasteiger partial charge in [-0.1, -0.05) is 88.1 Å². The molecule has 0 N–H and O–H groups in total. The van der Waals surface area contributed by atoms with Crippen molar-refractivity contribution in [3.05, 3.63) is 91.0 Å². The first kappa shape index (κ1) is 21.9. The fourth-order valence-electron chi connectivity index (χ4n) is 6.02. The lowest BCUT2D eigenvalue weighted by Crippen LogP contribution is -2.16. The molecule has 33 heavy (non-hydrogen) atoms. The Bertz CT molecular complexity index is 1070. The minimum Gasteiger partial charge on any atom is -0.299 e.